The molecule has 1 saturated heterocycles. The van der Waals surface area contributed by atoms with E-state index in [-0.39, 0.29) is 23.4 Å². The molecular formula is C19H18FN5O2. The molecule has 0 aromatic heterocycles. The number of guanidine groups is 1. The van der Waals surface area contributed by atoms with Gasteiger partial charge in [0, 0.05) is 43.3 Å². The number of benzene rings is 2. The number of carbonyl (C=O) groups is 1. The van der Waals surface area contributed by atoms with Crippen molar-refractivity contribution in [2.75, 3.05) is 26.2 Å². The Balaban J connectivity index is 1.61. The Morgan fingerprint density at radius 1 is 1.15 bits per heavy atom. The van der Waals surface area contributed by atoms with Gasteiger partial charge in [0.05, 0.1) is 0 Å². The molecule has 0 unspecified atom stereocenters. The van der Waals surface area contributed by atoms with Crippen LogP contribution in [0, 0.1) is 11.2 Å². The van der Waals surface area contributed by atoms with Crippen LogP contribution in [0.2, 0.25) is 0 Å². The Bertz CT molecular complexity index is 993. The van der Waals surface area contributed by atoms with Crippen molar-refractivity contribution in [3.63, 3.8) is 0 Å². The predicted molar refractivity (Wildman–Crippen MR) is 99.7 cm³/mol. The molecule has 8 heteroatoms. The van der Waals surface area contributed by atoms with Gasteiger partial charge in [0.1, 0.15) is 5.82 Å². The van der Waals surface area contributed by atoms with Crippen molar-refractivity contribution in [3.8, 4) is 0 Å². The Hall–Kier alpha value is -3.42. The van der Waals surface area contributed by atoms with Crippen molar-refractivity contribution < 1.29 is 13.9 Å². The van der Waals surface area contributed by atoms with Crippen molar-refractivity contribution in [2.24, 2.45) is 10.7 Å². The van der Waals surface area contributed by atoms with Crippen LogP contribution in [0.3, 0.4) is 0 Å². The Morgan fingerprint density at radius 3 is 2.56 bits per heavy atom. The van der Waals surface area contributed by atoms with Crippen LogP contribution < -0.4 is 5.73 Å². The topological polar surface area (TPSA) is 95.0 Å². The van der Waals surface area contributed by atoms with Crippen molar-refractivity contribution in [1.29, 1.82) is 5.41 Å². The number of nitrogens with one attached hydrogen (secondary N) is 1. The summed E-state index contributed by atoms with van der Waals surface area (Å²) < 4.78 is 19.3. The number of fused-ring (bicyclic) bond motifs is 1. The van der Waals surface area contributed by atoms with Crippen LogP contribution in [0.4, 0.5) is 4.39 Å². The number of cyclic esters (lactones) is 1. The summed E-state index contributed by atoms with van der Waals surface area (Å²) in [5.74, 6) is -0.651. The first kappa shape index (κ1) is 17.0. The van der Waals surface area contributed by atoms with E-state index >= 15 is 0 Å². The zero-order valence-corrected chi connectivity index (χ0v) is 14.5. The van der Waals surface area contributed by atoms with Crippen LogP contribution in [0.5, 0.6) is 0 Å². The van der Waals surface area contributed by atoms with Gasteiger partial charge in [0.25, 0.3) is 0 Å². The lowest BCUT2D eigenvalue weighted by atomic mass is 10.0. The Labute approximate surface area is 155 Å². The van der Waals surface area contributed by atoms with E-state index in [1.54, 1.807) is 41.4 Å². The van der Waals surface area contributed by atoms with Crippen LogP contribution in [-0.2, 0) is 9.53 Å². The molecule has 3 N–H and O–H groups in total. The molecule has 0 radical (unpaired) electrons. The first-order chi connectivity index (χ1) is 13.0. The number of aliphatic imine (C=N–C) groups is 1. The van der Waals surface area contributed by atoms with Gasteiger partial charge in [-0.25, -0.2) is 14.2 Å². The molecule has 2 aliphatic heterocycles. The van der Waals surface area contributed by atoms with Crippen molar-refractivity contribution in [2.45, 2.75) is 0 Å². The van der Waals surface area contributed by atoms with Gasteiger partial charge in [0.2, 0.25) is 5.90 Å². The first-order valence-electron chi connectivity index (χ1n) is 8.56. The zero-order chi connectivity index (χ0) is 19.0. The normalized spacial score (nSPS) is 18.8. The van der Waals surface area contributed by atoms with E-state index in [0.717, 1.165) is 0 Å². The summed E-state index contributed by atoms with van der Waals surface area (Å²) in [6.07, 6.45) is 1.67. The number of piperazine rings is 1. The molecule has 138 valence electrons. The van der Waals surface area contributed by atoms with Crippen molar-refractivity contribution in [1.82, 2.24) is 9.80 Å². The van der Waals surface area contributed by atoms with Gasteiger partial charge in [-0.2, -0.15) is 0 Å². The van der Waals surface area contributed by atoms with Gasteiger partial charge in [0.15, 0.2) is 11.7 Å². The smallest absolute Gasteiger partial charge is 0.365 e. The summed E-state index contributed by atoms with van der Waals surface area (Å²) in [6.45, 7) is 2.46. The highest BCUT2D eigenvalue weighted by Crippen LogP contribution is 2.26. The molecule has 7 nitrogen and oxygen atoms in total. The average Bonchev–Trinajstić information content (AvgIpc) is 3.03. The van der Waals surface area contributed by atoms with Crippen LogP contribution in [0.25, 0.3) is 10.8 Å². The maximum atomic E-state index is 14.0. The number of rotatable bonds is 2. The molecule has 0 atom stereocenters. The second kappa shape index (κ2) is 6.71. The van der Waals surface area contributed by atoms with Gasteiger partial charge in [-0.15, -0.1) is 0 Å². The second-order valence-corrected chi connectivity index (χ2v) is 6.37. The number of ether oxygens (including phenoxy) is 1. The highest BCUT2D eigenvalue weighted by molar-refractivity contribution is 6.16. The fourth-order valence-electron chi connectivity index (χ4n) is 3.23. The van der Waals surface area contributed by atoms with E-state index < -0.39 is 5.97 Å². The molecule has 27 heavy (non-hydrogen) atoms. The second-order valence-electron chi connectivity index (χ2n) is 6.37. The molecule has 0 aliphatic carbocycles. The maximum Gasteiger partial charge on any atom is 0.365 e. The minimum Gasteiger partial charge on any atom is -0.402 e. The fourth-order valence-corrected chi connectivity index (χ4v) is 3.23. The minimum atomic E-state index is -0.535. The fraction of sp³-hybridized carbons (Fsp3) is 0.211. The minimum absolute atomic E-state index is 0.0473. The van der Waals surface area contributed by atoms with Crippen LogP contribution in [0.15, 0.2) is 53.3 Å². The number of nitrogens with zero attached hydrogens (tertiary/aromatic N) is 3. The quantitative estimate of drug-likeness (QED) is 0.364. The predicted octanol–water partition coefficient (Wildman–Crippen LogP) is 1.63. The molecule has 0 amide bonds. The number of hydrogen-bond donors (Lipinski definition) is 2. The van der Waals surface area contributed by atoms with Gasteiger partial charge in [-0.05, 0) is 17.5 Å². The van der Waals surface area contributed by atoms with Crippen LogP contribution >= 0.6 is 0 Å². The Morgan fingerprint density at radius 2 is 1.85 bits per heavy atom. The number of hydrogen-bond acceptors (Lipinski definition) is 5. The highest BCUT2D eigenvalue weighted by atomic mass is 19.1. The summed E-state index contributed by atoms with van der Waals surface area (Å²) in [6, 6.07) is 9.91. The standard InChI is InChI=1S/C19H18FN5O2/c20-15-6-5-14(12-3-1-2-4-13(12)15)17-23-16(18(26)27-17)11-24-7-9-25(10-8-24)19(21)22/h1-6,11H,7-10H2,(H3,21,22). The summed E-state index contributed by atoms with van der Waals surface area (Å²) >= 11 is 0. The molecule has 0 spiro atoms. The lowest BCUT2D eigenvalue weighted by molar-refractivity contribution is -0.130. The lowest BCUT2D eigenvalue weighted by Gasteiger charge is -2.34. The number of halogens is 1. The lowest BCUT2D eigenvalue weighted by Crippen LogP contribution is -2.49. The van der Waals surface area contributed by atoms with Gasteiger partial charge in [-0.1, -0.05) is 24.3 Å². The van der Waals surface area contributed by atoms with Gasteiger partial charge < -0.3 is 20.3 Å². The van der Waals surface area contributed by atoms with Gasteiger partial charge in [-0.3, -0.25) is 5.41 Å². The first-order valence-corrected chi connectivity index (χ1v) is 8.56. The largest absolute Gasteiger partial charge is 0.402 e. The third-order valence-corrected chi connectivity index (χ3v) is 4.68. The van der Waals surface area contributed by atoms with E-state index in [4.69, 9.17) is 15.9 Å². The average molecular weight is 367 g/mol. The molecule has 2 heterocycles. The summed E-state index contributed by atoms with van der Waals surface area (Å²) in [5, 5.41) is 8.55. The molecule has 0 saturated carbocycles. The molecule has 2 aliphatic rings. The third kappa shape index (κ3) is 3.21. The van der Waals surface area contributed by atoms with E-state index in [0.29, 0.717) is 42.5 Å². The molecule has 0 bridgehead atoms. The number of esters is 1. The molecule has 2 aromatic rings. The number of nitrogens with two attached hydrogens (primary N) is 1. The Kier molecular flexibility index (Phi) is 4.23. The SMILES string of the molecule is N=C(N)N1CCN(C=C2N=C(c3ccc(F)c4ccccc34)OC2=O)CC1. The summed E-state index contributed by atoms with van der Waals surface area (Å²) in [5.41, 5.74) is 6.27. The van der Waals surface area contributed by atoms with E-state index in [1.807, 2.05) is 4.90 Å². The molecular weight excluding hydrogens is 349 g/mol. The molecule has 2 aromatic carbocycles. The summed E-state index contributed by atoms with van der Waals surface area (Å²) in [4.78, 5) is 20.3. The van der Waals surface area contributed by atoms with E-state index in [9.17, 15) is 9.18 Å². The maximum absolute atomic E-state index is 14.0. The van der Waals surface area contributed by atoms with Crippen LogP contribution in [0.1, 0.15) is 5.56 Å². The van der Waals surface area contributed by atoms with Gasteiger partial charge >= 0.3 is 5.97 Å². The van der Waals surface area contributed by atoms with E-state index in [1.165, 1.54) is 6.07 Å². The van der Waals surface area contributed by atoms with Crippen molar-refractivity contribution >= 4 is 28.6 Å². The van der Waals surface area contributed by atoms with Crippen molar-refractivity contribution in [3.05, 3.63) is 59.7 Å². The third-order valence-electron chi connectivity index (χ3n) is 4.68. The number of carbonyl (C=O) groups excluding carboxylic acids is 1. The highest BCUT2D eigenvalue weighted by Gasteiger charge is 2.27. The molecule has 1 fully saturated rings. The van der Waals surface area contributed by atoms with E-state index in [2.05, 4.69) is 4.99 Å². The molecule has 4 rings (SSSR count). The zero-order valence-electron chi connectivity index (χ0n) is 14.5. The summed E-state index contributed by atoms with van der Waals surface area (Å²) in [7, 11) is 0. The van der Waals surface area contributed by atoms with Crippen LogP contribution in [-0.4, -0.2) is 53.8 Å². The monoisotopic (exact) mass is 367 g/mol.